The lowest BCUT2D eigenvalue weighted by Crippen LogP contribution is -1.92. The Morgan fingerprint density at radius 3 is 2.89 bits per heavy atom. The van der Waals surface area contributed by atoms with Crippen LogP contribution in [0.25, 0.3) is 0 Å². The van der Waals surface area contributed by atoms with Gasteiger partial charge in [-0.25, -0.2) is 4.98 Å². The standard InChI is InChI=1S/C7H10N2/c1-6-4-8-5-9(6)7-2-3-7/h4-5,7H,2-3H2,1H3. The van der Waals surface area contributed by atoms with Gasteiger partial charge in [-0.1, -0.05) is 0 Å². The summed E-state index contributed by atoms with van der Waals surface area (Å²) in [7, 11) is 0. The van der Waals surface area contributed by atoms with E-state index in [0.717, 1.165) is 6.04 Å². The summed E-state index contributed by atoms with van der Waals surface area (Å²) in [6, 6.07) is 0.785. The molecule has 0 amide bonds. The van der Waals surface area contributed by atoms with Crippen molar-refractivity contribution < 1.29 is 0 Å². The van der Waals surface area contributed by atoms with E-state index in [1.165, 1.54) is 18.5 Å². The van der Waals surface area contributed by atoms with E-state index < -0.39 is 0 Å². The maximum absolute atomic E-state index is 4.05. The van der Waals surface area contributed by atoms with Crippen molar-refractivity contribution in [1.82, 2.24) is 9.55 Å². The van der Waals surface area contributed by atoms with Gasteiger partial charge >= 0.3 is 0 Å². The van der Waals surface area contributed by atoms with E-state index in [9.17, 15) is 0 Å². The molecule has 1 fully saturated rings. The summed E-state index contributed by atoms with van der Waals surface area (Å²) >= 11 is 0. The Bertz CT molecular complexity index is 210. The zero-order chi connectivity index (χ0) is 6.27. The number of aromatic nitrogens is 2. The number of aryl methyl sites for hydroxylation is 1. The minimum absolute atomic E-state index is 0.785. The zero-order valence-corrected chi connectivity index (χ0v) is 5.54. The average molecular weight is 122 g/mol. The van der Waals surface area contributed by atoms with E-state index in [4.69, 9.17) is 0 Å². The first-order valence-electron chi connectivity index (χ1n) is 3.36. The Labute approximate surface area is 54.5 Å². The number of rotatable bonds is 1. The Kier molecular flexibility index (Phi) is 0.891. The molecule has 48 valence electrons. The van der Waals surface area contributed by atoms with Crippen LogP contribution in [0.15, 0.2) is 12.5 Å². The smallest absolute Gasteiger partial charge is 0.0950 e. The molecule has 0 saturated heterocycles. The molecule has 2 nitrogen and oxygen atoms in total. The Morgan fingerprint density at radius 2 is 2.44 bits per heavy atom. The summed E-state index contributed by atoms with van der Waals surface area (Å²) in [6.07, 6.45) is 6.53. The fraction of sp³-hybridized carbons (Fsp3) is 0.571. The molecule has 0 aromatic carbocycles. The second-order valence-electron chi connectivity index (χ2n) is 2.67. The molecule has 1 heterocycles. The van der Waals surface area contributed by atoms with Crippen LogP contribution in [0.1, 0.15) is 24.6 Å². The van der Waals surface area contributed by atoms with Crippen molar-refractivity contribution in [2.75, 3.05) is 0 Å². The van der Waals surface area contributed by atoms with Crippen molar-refractivity contribution in [3.05, 3.63) is 18.2 Å². The largest absolute Gasteiger partial charge is 0.332 e. The van der Waals surface area contributed by atoms with Crippen LogP contribution >= 0.6 is 0 Å². The van der Waals surface area contributed by atoms with Crippen LogP contribution in [-0.2, 0) is 0 Å². The first-order chi connectivity index (χ1) is 4.38. The molecule has 0 atom stereocenters. The Balaban J connectivity index is 2.35. The molecular formula is C7H10N2. The SMILES string of the molecule is Cc1cncn1C1CC1. The summed E-state index contributed by atoms with van der Waals surface area (Å²) in [4.78, 5) is 4.05. The predicted molar refractivity (Wildman–Crippen MR) is 35.2 cm³/mol. The fourth-order valence-electron chi connectivity index (χ4n) is 1.11. The van der Waals surface area contributed by atoms with Crippen LogP contribution in [-0.4, -0.2) is 9.55 Å². The van der Waals surface area contributed by atoms with Crippen molar-refractivity contribution in [3.63, 3.8) is 0 Å². The minimum atomic E-state index is 0.785. The lowest BCUT2D eigenvalue weighted by molar-refractivity contribution is 0.717. The highest BCUT2D eigenvalue weighted by Crippen LogP contribution is 2.35. The molecular weight excluding hydrogens is 112 g/mol. The summed E-state index contributed by atoms with van der Waals surface area (Å²) in [5, 5.41) is 0. The van der Waals surface area contributed by atoms with Crippen LogP contribution in [0.3, 0.4) is 0 Å². The molecule has 0 N–H and O–H groups in total. The molecule has 0 radical (unpaired) electrons. The molecule has 0 unspecified atom stereocenters. The van der Waals surface area contributed by atoms with Gasteiger partial charge in [0.1, 0.15) is 0 Å². The monoisotopic (exact) mass is 122 g/mol. The molecule has 9 heavy (non-hydrogen) atoms. The average Bonchev–Trinajstić information content (AvgIpc) is 2.58. The number of nitrogens with zero attached hydrogens (tertiary/aromatic N) is 2. The van der Waals surface area contributed by atoms with Crippen molar-refractivity contribution in [2.24, 2.45) is 0 Å². The van der Waals surface area contributed by atoms with Crippen LogP contribution in [0, 0.1) is 6.92 Å². The number of imidazole rings is 1. The van der Waals surface area contributed by atoms with Gasteiger partial charge in [0.05, 0.1) is 6.33 Å². The normalized spacial score (nSPS) is 18.3. The van der Waals surface area contributed by atoms with E-state index in [2.05, 4.69) is 16.5 Å². The van der Waals surface area contributed by atoms with Gasteiger partial charge in [0.2, 0.25) is 0 Å². The molecule has 1 saturated carbocycles. The third-order valence-corrected chi connectivity index (χ3v) is 1.80. The van der Waals surface area contributed by atoms with Gasteiger partial charge in [-0.3, -0.25) is 0 Å². The molecule has 1 aliphatic rings. The maximum Gasteiger partial charge on any atom is 0.0950 e. The highest BCUT2D eigenvalue weighted by Gasteiger charge is 2.23. The van der Waals surface area contributed by atoms with Gasteiger partial charge in [0.15, 0.2) is 0 Å². The van der Waals surface area contributed by atoms with Gasteiger partial charge in [0.25, 0.3) is 0 Å². The molecule has 2 rings (SSSR count). The lowest BCUT2D eigenvalue weighted by Gasteiger charge is -1.98. The van der Waals surface area contributed by atoms with Crippen LogP contribution < -0.4 is 0 Å². The van der Waals surface area contributed by atoms with Crippen LogP contribution in [0.5, 0.6) is 0 Å². The summed E-state index contributed by atoms with van der Waals surface area (Å²) < 4.78 is 2.25. The summed E-state index contributed by atoms with van der Waals surface area (Å²) in [5.74, 6) is 0. The third kappa shape index (κ3) is 0.745. The first kappa shape index (κ1) is 5.03. The van der Waals surface area contributed by atoms with Gasteiger partial charge < -0.3 is 4.57 Å². The second kappa shape index (κ2) is 1.59. The van der Waals surface area contributed by atoms with Crippen LogP contribution in [0.2, 0.25) is 0 Å². The van der Waals surface area contributed by atoms with E-state index in [-0.39, 0.29) is 0 Å². The van der Waals surface area contributed by atoms with Crippen molar-refractivity contribution in [1.29, 1.82) is 0 Å². The topological polar surface area (TPSA) is 17.8 Å². The van der Waals surface area contributed by atoms with Gasteiger partial charge in [-0.2, -0.15) is 0 Å². The van der Waals surface area contributed by atoms with Crippen molar-refractivity contribution in [3.8, 4) is 0 Å². The van der Waals surface area contributed by atoms with E-state index in [1.54, 1.807) is 0 Å². The molecule has 1 aromatic rings. The number of hydrogen-bond donors (Lipinski definition) is 0. The highest BCUT2D eigenvalue weighted by molar-refractivity contribution is 5.00. The first-order valence-corrected chi connectivity index (χ1v) is 3.36. The van der Waals surface area contributed by atoms with Gasteiger partial charge in [-0.05, 0) is 19.8 Å². The zero-order valence-electron chi connectivity index (χ0n) is 5.54. The Hall–Kier alpha value is -0.790. The quantitative estimate of drug-likeness (QED) is 0.552. The second-order valence-corrected chi connectivity index (χ2v) is 2.67. The maximum atomic E-state index is 4.05. The third-order valence-electron chi connectivity index (χ3n) is 1.80. The molecule has 0 spiro atoms. The fourth-order valence-corrected chi connectivity index (χ4v) is 1.11. The number of hydrogen-bond acceptors (Lipinski definition) is 1. The van der Waals surface area contributed by atoms with Crippen LogP contribution in [0.4, 0.5) is 0 Å². The van der Waals surface area contributed by atoms with E-state index in [1.807, 2.05) is 12.5 Å². The van der Waals surface area contributed by atoms with Gasteiger partial charge in [0, 0.05) is 17.9 Å². The van der Waals surface area contributed by atoms with Gasteiger partial charge in [-0.15, -0.1) is 0 Å². The van der Waals surface area contributed by atoms with E-state index in [0.29, 0.717) is 0 Å². The van der Waals surface area contributed by atoms with Crippen molar-refractivity contribution >= 4 is 0 Å². The summed E-state index contributed by atoms with van der Waals surface area (Å²) in [5.41, 5.74) is 1.29. The molecule has 1 aromatic heterocycles. The summed E-state index contributed by atoms with van der Waals surface area (Å²) in [6.45, 7) is 2.10. The van der Waals surface area contributed by atoms with Crippen molar-refractivity contribution in [2.45, 2.75) is 25.8 Å². The minimum Gasteiger partial charge on any atom is -0.332 e. The predicted octanol–water partition coefficient (Wildman–Crippen LogP) is 1.53. The molecule has 2 heteroatoms. The highest BCUT2D eigenvalue weighted by atomic mass is 15.1. The molecule has 0 aliphatic heterocycles. The Morgan fingerprint density at radius 1 is 1.67 bits per heavy atom. The molecule has 1 aliphatic carbocycles. The molecule has 0 bridgehead atoms. The lowest BCUT2D eigenvalue weighted by atomic mass is 10.5. The van der Waals surface area contributed by atoms with E-state index >= 15 is 0 Å².